The summed E-state index contributed by atoms with van der Waals surface area (Å²) in [6.07, 6.45) is 1.19. The monoisotopic (exact) mass is 262 g/mol. The zero-order valence-electron chi connectivity index (χ0n) is 10.1. The number of alkyl halides is 2. The number of ether oxygens (including phenoxy) is 1. The molecular formula is C15H12F2O2. The van der Waals surface area contributed by atoms with Crippen LogP contribution in [0.5, 0.6) is 5.75 Å². The summed E-state index contributed by atoms with van der Waals surface area (Å²) in [5, 5.41) is 0. The van der Waals surface area contributed by atoms with Gasteiger partial charge in [0.15, 0.2) is 0 Å². The van der Waals surface area contributed by atoms with Gasteiger partial charge in [0.25, 0.3) is 0 Å². The molecule has 2 aromatic carbocycles. The van der Waals surface area contributed by atoms with Crippen molar-refractivity contribution in [2.75, 3.05) is 0 Å². The smallest absolute Gasteiger partial charge is 0.387 e. The van der Waals surface area contributed by atoms with E-state index in [2.05, 4.69) is 4.74 Å². The van der Waals surface area contributed by atoms with Gasteiger partial charge in [0.05, 0.1) is 0 Å². The minimum absolute atomic E-state index is 0.161. The van der Waals surface area contributed by atoms with E-state index < -0.39 is 6.61 Å². The van der Waals surface area contributed by atoms with Crippen molar-refractivity contribution in [1.82, 2.24) is 0 Å². The quantitative estimate of drug-likeness (QED) is 0.768. The first-order chi connectivity index (χ1) is 9.19. The predicted molar refractivity (Wildman–Crippen MR) is 67.7 cm³/mol. The maximum Gasteiger partial charge on any atom is 0.387 e. The van der Waals surface area contributed by atoms with Crippen LogP contribution in [0.1, 0.15) is 21.5 Å². The van der Waals surface area contributed by atoms with Crippen LogP contribution in [0, 0.1) is 0 Å². The van der Waals surface area contributed by atoms with Crippen LogP contribution in [-0.4, -0.2) is 12.9 Å². The van der Waals surface area contributed by atoms with Crippen LogP contribution in [0.2, 0.25) is 0 Å². The highest BCUT2D eigenvalue weighted by atomic mass is 19.3. The average molecular weight is 262 g/mol. The molecule has 0 radical (unpaired) electrons. The molecule has 0 saturated heterocycles. The maximum absolute atomic E-state index is 12.3. The van der Waals surface area contributed by atoms with Crippen molar-refractivity contribution in [2.24, 2.45) is 0 Å². The Hall–Kier alpha value is -2.23. The molecule has 0 unspecified atom stereocenters. The van der Waals surface area contributed by atoms with Gasteiger partial charge in [-0.25, -0.2) is 0 Å². The molecule has 0 amide bonds. The van der Waals surface area contributed by atoms with E-state index in [4.69, 9.17) is 0 Å². The molecule has 0 N–H and O–H groups in total. The SMILES string of the molecule is O=Cc1cccc(Cc2ccccc2OC(F)F)c1. The van der Waals surface area contributed by atoms with E-state index in [9.17, 15) is 13.6 Å². The molecule has 0 spiro atoms. The number of benzene rings is 2. The van der Waals surface area contributed by atoms with Crippen LogP contribution < -0.4 is 4.74 Å². The Labute approximate surface area is 109 Å². The van der Waals surface area contributed by atoms with Gasteiger partial charge in [0.1, 0.15) is 12.0 Å². The van der Waals surface area contributed by atoms with Gasteiger partial charge in [-0.1, -0.05) is 36.4 Å². The third kappa shape index (κ3) is 3.61. The van der Waals surface area contributed by atoms with Crippen molar-refractivity contribution in [3.8, 4) is 5.75 Å². The molecule has 0 aliphatic rings. The Morgan fingerprint density at radius 2 is 1.89 bits per heavy atom. The van der Waals surface area contributed by atoms with Crippen LogP contribution in [0.25, 0.3) is 0 Å². The molecule has 2 nitrogen and oxygen atoms in total. The summed E-state index contributed by atoms with van der Waals surface area (Å²) in [4.78, 5) is 10.7. The van der Waals surface area contributed by atoms with Gasteiger partial charge in [0.2, 0.25) is 0 Å². The lowest BCUT2D eigenvalue weighted by Crippen LogP contribution is -2.04. The summed E-state index contributed by atoms with van der Waals surface area (Å²) < 4.78 is 29.1. The third-order valence-electron chi connectivity index (χ3n) is 2.67. The summed E-state index contributed by atoms with van der Waals surface area (Å²) in [6.45, 7) is -2.84. The zero-order valence-corrected chi connectivity index (χ0v) is 10.1. The molecule has 0 aliphatic carbocycles. The molecule has 0 atom stereocenters. The summed E-state index contributed by atoms with van der Waals surface area (Å²) in [7, 11) is 0. The third-order valence-corrected chi connectivity index (χ3v) is 2.67. The number of halogens is 2. The molecule has 0 aliphatic heterocycles. The van der Waals surface area contributed by atoms with Crippen molar-refractivity contribution < 1.29 is 18.3 Å². The Bertz CT molecular complexity index is 568. The number of aldehydes is 1. The number of hydrogen-bond acceptors (Lipinski definition) is 2. The standard InChI is InChI=1S/C15H12F2O2/c16-15(17)19-14-7-2-1-6-13(14)9-11-4-3-5-12(8-11)10-18/h1-8,10,15H,9H2. The highest BCUT2D eigenvalue weighted by Gasteiger charge is 2.09. The van der Waals surface area contributed by atoms with E-state index in [1.54, 1.807) is 36.4 Å². The molecule has 0 fully saturated rings. The normalized spacial score (nSPS) is 10.5. The van der Waals surface area contributed by atoms with Crippen molar-refractivity contribution in [2.45, 2.75) is 13.0 Å². The molecule has 0 heterocycles. The van der Waals surface area contributed by atoms with Gasteiger partial charge in [0, 0.05) is 12.0 Å². The fourth-order valence-electron chi connectivity index (χ4n) is 1.86. The summed E-state index contributed by atoms with van der Waals surface area (Å²) in [5.41, 5.74) is 2.09. The van der Waals surface area contributed by atoms with Crippen LogP contribution in [0.4, 0.5) is 8.78 Å². The summed E-state index contributed by atoms with van der Waals surface area (Å²) in [6, 6.07) is 13.7. The maximum atomic E-state index is 12.3. The number of carbonyl (C=O) groups excluding carboxylic acids is 1. The lowest BCUT2D eigenvalue weighted by atomic mass is 10.0. The van der Waals surface area contributed by atoms with Gasteiger partial charge < -0.3 is 4.74 Å². The van der Waals surface area contributed by atoms with Gasteiger partial charge in [-0.2, -0.15) is 8.78 Å². The Morgan fingerprint density at radius 1 is 1.11 bits per heavy atom. The predicted octanol–water partition coefficient (Wildman–Crippen LogP) is 3.69. The van der Waals surface area contributed by atoms with Crippen LogP contribution in [0.3, 0.4) is 0 Å². The largest absolute Gasteiger partial charge is 0.435 e. The molecule has 0 aromatic heterocycles. The number of para-hydroxylation sites is 1. The molecule has 4 heteroatoms. The Morgan fingerprint density at radius 3 is 2.63 bits per heavy atom. The second kappa shape index (κ2) is 6.09. The minimum atomic E-state index is -2.84. The van der Waals surface area contributed by atoms with Crippen molar-refractivity contribution in [3.63, 3.8) is 0 Å². The first kappa shape index (κ1) is 13.2. The first-order valence-electron chi connectivity index (χ1n) is 5.76. The fraction of sp³-hybridized carbons (Fsp3) is 0.133. The molecule has 0 saturated carbocycles. The second-order valence-corrected chi connectivity index (χ2v) is 4.03. The zero-order chi connectivity index (χ0) is 13.7. The molecule has 98 valence electrons. The first-order valence-corrected chi connectivity index (χ1v) is 5.76. The van der Waals surface area contributed by atoms with Crippen LogP contribution in [0.15, 0.2) is 48.5 Å². The van der Waals surface area contributed by atoms with Crippen LogP contribution in [-0.2, 0) is 6.42 Å². The lowest BCUT2D eigenvalue weighted by molar-refractivity contribution is -0.0503. The van der Waals surface area contributed by atoms with Crippen molar-refractivity contribution in [3.05, 3.63) is 65.2 Å². The summed E-state index contributed by atoms with van der Waals surface area (Å²) in [5.74, 6) is 0.161. The average Bonchev–Trinajstić information content (AvgIpc) is 2.41. The molecule has 19 heavy (non-hydrogen) atoms. The van der Waals surface area contributed by atoms with E-state index in [0.717, 1.165) is 11.8 Å². The summed E-state index contributed by atoms with van der Waals surface area (Å²) >= 11 is 0. The van der Waals surface area contributed by atoms with Gasteiger partial charge in [-0.05, 0) is 23.3 Å². The second-order valence-electron chi connectivity index (χ2n) is 4.03. The van der Waals surface area contributed by atoms with Crippen molar-refractivity contribution >= 4 is 6.29 Å². The van der Waals surface area contributed by atoms with E-state index in [1.807, 2.05) is 6.07 Å². The molecule has 2 aromatic rings. The molecule has 2 rings (SSSR count). The van der Waals surface area contributed by atoms with E-state index in [-0.39, 0.29) is 5.75 Å². The minimum Gasteiger partial charge on any atom is -0.435 e. The number of rotatable bonds is 5. The Kier molecular flexibility index (Phi) is 4.23. The van der Waals surface area contributed by atoms with Gasteiger partial charge in [-0.15, -0.1) is 0 Å². The van der Waals surface area contributed by atoms with E-state index in [0.29, 0.717) is 17.5 Å². The number of hydrogen-bond donors (Lipinski definition) is 0. The van der Waals surface area contributed by atoms with Crippen LogP contribution >= 0.6 is 0 Å². The lowest BCUT2D eigenvalue weighted by Gasteiger charge is -2.10. The van der Waals surface area contributed by atoms with Gasteiger partial charge >= 0.3 is 6.61 Å². The highest BCUT2D eigenvalue weighted by Crippen LogP contribution is 2.23. The van der Waals surface area contributed by atoms with Gasteiger partial charge in [-0.3, -0.25) is 4.79 Å². The van der Waals surface area contributed by atoms with E-state index in [1.165, 1.54) is 6.07 Å². The van der Waals surface area contributed by atoms with E-state index >= 15 is 0 Å². The highest BCUT2D eigenvalue weighted by molar-refractivity contribution is 5.75. The number of carbonyl (C=O) groups is 1. The molecular weight excluding hydrogens is 250 g/mol. The van der Waals surface area contributed by atoms with Crippen molar-refractivity contribution in [1.29, 1.82) is 0 Å². The molecule has 0 bridgehead atoms. The Balaban J connectivity index is 2.24. The topological polar surface area (TPSA) is 26.3 Å². The fourth-order valence-corrected chi connectivity index (χ4v) is 1.86.